The number of ether oxygens (including phenoxy) is 4. The fourth-order valence-electron chi connectivity index (χ4n) is 2.42. The molecule has 14 heteroatoms. The maximum atomic E-state index is 11.5. The molecule has 1 saturated heterocycles. The van der Waals surface area contributed by atoms with Gasteiger partial charge in [0.25, 0.3) is 15.2 Å². The molecule has 0 radical (unpaired) electrons. The van der Waals surface area contributed by atoms with Crippen molar-refractivity contribution < 1.29 is 41.7 Å². The predicted octanol–water partition coefficient (Wildman–Crippen LogP) is -1.75. The number of rotatable bonds is 6. The molecule has 0 amide bonds. The van der Waals surface area contributed by atoms with Gasteiger partial charge in [0.05, 0.1) is 0 Å². The molecule has 0 spiro atoms. The molecular formula is C13H18N4O9S. The summed E-state index contributed by atoms with van der Waals surface area (Å²) in [5, 5.41) is 7.98. The molecule has 0 bridgehead atoms. The first-order valence-electron chi connectivity index (χ1n) is 7.56. The summed E-state index contributed by atoms with van der Waals surface area (Å²) in [6.45, 7) is 3.12. The molecule has 2 N–H and O–H groups in total. The molecule has 0 aromatic carbocycles. The van der Waals surface area contributed by atoms with Gasteiger partial charge in [-0.05, 0) is 0 Å². The Kier molecular flexibility index (Phi) is 6.12. The molecule has 27 heavy (non-hydrogen) atoms. The molecule has 2 heterocycles. The monoisotopic (exact) mass is 406 g/mol. The summed E-state index contributed by atoms with van der Waals surface area (Å²) in [7, 11) is -4.18. The number of carbonyl (C=O) groups is 3. The first-order chi connectivity index (χ1) is 12.5. The quantitative estimate of drug-likeness (QED) is 0.418. The van der Waals surface area contributed by atoms with Gasteiger partial charge in [0, 0.05) is 20.8 Å². The summed E-state index contributed by atoms with van der Waals surface area (Å²) in [5.41, 5.74) is 0. The van der Waals surface area contributed by atoms with E-state index in [1.165, 1.54) is 6.92 Å². The molecule has 13 nitrogen and oxygen atoms in total. The zero-order valence-corrected chi connectivity index (χ0v) is 15.4. The zero-order chi connectivity index (χ0) is 20.4. The Hall–Kier alpha value is -2.58. The van der Waals surface area contributed by atoms with Crippen LogP contribution in [0.4, 0.5) is 0 Å². The number of hydrogen-bond acceptors (Lipinski definition) is 11. The number of sulfonamides is 1. The maximum absolute atomic E-state index is 11.5. The van der Waals surface area contributed by atoms with Gasteiger partial charge < -0.3 is 18.9 Å². The molecule has 1 aliphatic rings. The van der Waals surface area contributed by atoms with Crippen molar-refractivity contribution in [3.8, 4) is 0 Å². The van der Waals surface area contributed by atoms with Crippen molar-refractivity contribution in [2.45, 2.75) is 50.5 Å². The van der Waals surface area contributed by atoms with Crippen LogP contribution in [-0.4, -0.2) is 66.0 Å². The van der Waals surface area contributed by atoms with Gasteiger partial charge >= 0.3 is 17.9 Å². The van der Waals surface area contributed by atoms with E-state index in [0.29, 0.717) is 0 Å². The van der Waals surface area contributed by atoms with Crippen LogP contribution in [-0.2, 0) is 43.4 Å². The van der Waals surface area contributed by atoms with Crippen molar-refractivity contribution in [2.75, 3.05) is 6.61 Å². The van der Waals surface area contributed by atoms with E-state index in [1.807, 2.05) is 0 Å². The lowest BCUT2D eigenvalue weighted by molar-refractivity contribution is -0.166. The fraction of sp³-hybridized carbons (Fsp3) is 0.615. The van der Waals surface area contributed by atoms with Crippen LogP contribution in [0.1, 0.15) is 27.0 Å². The number of esters is 3. The second kappa shape index (κ2) is 7.98. The Balaban J connectivity index is 2.37. The summed E-state index contributed by atoms with van der Waals surface area (Å²) in [4.78, 5) is 37.5. The van der Waals surface area contributed by atoms with Crippen LogP contribution in [0.25, 0.3) is 0 Å². The molecular weight excluding hydrogens is 388 g/mol. The second-order valence-electron chi connectivity index (χ2n) is 5.57. The third kappa shape index (κ3) is 5.21. The van der Waals surface area contributed by atoms with E-state index in [1.54, 1.807) is 0 Å². The van der Waals surface area contributed by atoms with Crippen molar-refractivity contribution in [1.29, 1.82) is 0 Å². The summed E-state index contributed by atoms with van der Waals surface area (Å²) >= 11 is 0. The van der Waals surface area contributed by atoms with Crippen LogP contribution >= 0.6 is 0 Å². The largest absolute Gasteiger partial charge is 0.463 e. The van der Waals surface area contributed by atoms with Crippen LogP contribution in [0.5, 0.6) is 0 Å². The molecule has 1 aromatic rings. The van der Waals surface area contributed by atoms with E-state index in [0.717, 1.165) is 24.9 Å². The van der Waals surface area contributed by atoms with Gasteiger partial charge in [-0.2, -0.15) is 0 Å². The average molecular weight is 406 g/mol. The van der Waals surface area contributed by atoms with Gasteiger partial charge in [0.1, 0.15) is 19.0 Å². The fourth-order valence-corrected chi connectivity index (χ4v) is 2.82. The number of nitrogens with two attached hydrogens (primary N) is 1. The van der Waals surface area contributed by atoms with Gasteiger partial charge in [-0.1, -0.05) is 0 Å². The third-order valence-corrected chi connectivity index (χ3v) is 4.04. The van der Waals surface area contributed by atoms with E-state index in [4.69, 9.17) is 24.1 Å². The molecule has 1 fully saturated rings. The number of nitrogens with zero attached hydrogens (tertiary/aromatic N) is 3. The van der Waals surface area contributed by atoms with E-state index in [-0.39, 0.29) is 6.61 Å². The standard InChI is InChI=1S/C13H18N4O9S/c1-6(18)23-4-9-10(24-7(2)19)11(25-8(3)20)12(26-9)17-5-15-13(16-17)27(14,21)22/h5,9-12H,4H2,1-3H3,(H2,14,21,22)/t9-,10-,11-,12-/m1/s1. The molecule has 0 saturated carbocycles. The van der Waals surface area contributed by atoms with Crippen LogP contribution in [0.3, 0.4) is 0 Å². The van der Waals surface area contributed by atoms with E-state index in [2.05, 4.69) is 10.1 Å². The van der Waals surface area contributed by atoms with Crippen molar-refractivity contribution in [1.82, 2.24) is 14.8 Å². The number of carbonyl (C=O) groups excluding carboxylic acids is 3. The number of primary sulfonamides is 1. The molecule has 4 atom stereocenters. The summed E-state index contributed by atoms with van der Waals surface area (Å²) < 4.78 is 44.5. The summed E-state index contributed by atoms with van der Waals surface area (Å²) in [6, 6.07) is 0. The minimum Gasteiger partial charge on any atom is -0.463 e. The number of hydrogen-bond donors (Lipinski definition) is 1. The normalized spacial score (nSPS) is 25.0. The van der Waals surface area contributed by atoms with E-state index in [9.17, 15) is 22.8 Å². The summed E-state index contributed by atoms with van der Waals surface area (Å²) in [6.07, 6.45) is -3.56. The SMILES string of the molecule is CC(=O)OC[C@H]1O[C@@H](n2cnc(S(N)(=O)=O)n2)[C@H](OC(C)=O)[C@@H]1OC(C)=O. The minimum atomic E-state index is -4.18. The Labute approximate surface area is 153 Å². The second-order valence-corrected chi connectivity index (χ2v) is 7.02. The molecule has 0 aliphatic carbocycles. The lowest BCUT2D eigenvalue weighted by Crippen LogP contribution is -2.40. The lowest BCUT2D eigenvalue weighted by Gasteiger charge is -2.23. The minimum absolute atomic E-state index is 0.307. The van der Waals surface area contributed by atoms with Gasteiger partial charge in [-0.15, -0.1) is 5.10 Å². The van der Waals surface area contributed by atoms with Gasteiger partial charge in [0.2, 0.25) is 0 Å². The molecule has 1 aromatic heterocycles. The Morgan fingerprint density at radius 1 is 1.15 bits per heavy atom. The predicted molar refractivity (Wildman–Crippen MR) is 83.0 cm³/mol. The smallest absolute Gasteiger partial charge is 0.303 e. The van der Waals surface area contributed by atoms with E-state index >= 15 is 0 Å². The first kappa shape index (κ1) is 20.7. The molecule has 0 unspecified atom stereocenters. The Bertz CT molecular complexity index is 837. The van der Waals surface area contributed by atoms with Crippen molar-refractivity contribution in [2.24, 2.45) is 5.14 Å². The van der Waals surface area contributed by atoms with Crippen molar-refractivity contribution in [3.63, 3.8) is 0 Å². The molecule has 150 valence electrons. The molecule has 1 aliphatic heterocycles. The highest BCUT2D eigenvalue weighted by Gasteiger charge is 2.51. The molecule has 2 rings (SSSR count). The Morgan fingerprint density at radius 2 is 1.74 bits per heavy atom. The van der Waals surface area contributed by atoms with Crippen molar-refractivity contribution >= 4 is 27.9 Å². The summed E-state index contributed by atoms with van der Waals surface area (Å²) in [5.74, 6) is -2.02. The van der Waals surface area contributed by atoms with Crippen LogP contribution < -0.4 is 5.14 Å². The average Bonchev–Trinajstić information content (AvgIpc) is 3.10. The highest BCUT2D eigenvalue weighted by atomic mass is 32.2. The zero-order valence-electron chi connectivity index (χ0n) is 14.6. The highest BCUT2D eigenvalue weighted by molar-refractivity contribution is 7.89. The topological polar surface area (TPSA) is 179 Å². The van der Waals surface area contributed by atoms with Crippen LogP contribution in [0.2, 0.25) is 0 Å². The van der Waals surface area contributed by atoms with Gasteiger partial charge in [-0.3, -0.25) is 14.4 Å². The van der Waals surface area contributed by atoms with Gasteiger partial charge in [-0.25, -0.2) is 23.2 Å². The van der Waals surface area contributed by atoms with E-state index < -0.39 is 57.6 Å². The van der Waals surface area contributed by atoms with Gasteiger partial charge in [0.15, 0.2) is 18.4 Å². The highest BCUT2D eigenvalue weighted by Crippen LogP contribution is 2.34. The lowest BCUT2D eigenvalue weighted by atomic mass is 10.1. The first-order valence-corrected chi connectivity index (χ1v) is 9.11. The Morgan fingerprint density at radius 3 is 2.22 bits per heavy atom. The maximum Gasteiger partial charge on any atom is 0.303 e. The van der Waals surface area contributed by atoms with Crippen molar-refractivity contribution in [3.05, 3.63) is 6.33 Å². The number of aromatic nitrogens is 3. The third-order valence-electron chi connectivity index (χ3n) is 3.34. The van der Waals surface area contributed by atoms with Crippen LogP contribution in [0.15, 0.2) is 11.5 Å². The van der Waals surface area contributed by atoms with Crippen LogP contribution in [0, 0.1) is 0 Å².